The van der Waals surface area contributed by atoms with Crippen LogP contribution < -0.4 is 0 Å². The summed E-state index contributed by atoms with van der Waals surface area (Å²) in [5.41, 5.74) is 0. The Balaban J connectivity index is -0.0000000275. The normalized spacial score (nSPS) is 3.17. The van der Waals surface area contributed by atoms with Gasteiger partial charge >= 0.3 is 0 Å². The average molecular weight is 200 g/mol. The van der Waals surface area contributed by atoms with E-state index in [0.29, 0.717) is 0 Å². The van der Waals surface area contributed by atoms with Gasteiger partial charge in [0.2, 0.25) is 0 Å². The molecule has 0 saturated heterocycles. The van der Waals surface area contributed by atoms with E-state index >= 15 is 0 Å². The molecule has 0 N–H and O–H groups in total. The topological polar surface area (TPSA) is 0 Å². The first kappa shape index (κ1) is 16.1. The van der Waals surface area contributed by atoms with Crippen LogP contribution in [-0.2, 0) is 0 Å². The molecular weight excluding hydrogens is 187 g/mol. The Morgan fingerprint density at radius 3 is 1.33 bits per heavy atom. The zero-order valence-electron chi connectivity index (χ0n) is 4.69. The molecular formula is C5H13I. The molecule has 40 valence electrons. The molecule has 0 rings (SSSR count). The van der Waals surface area contributed by atoms with Crippen LogP contribution in [0.25, 0.3) is 0 Å². The second-order valence-electron chi connectivity index (χ2n) is 0.408. The van der Waals surface area contributed by atoms with E-state index in [1.165, 1.54) is 0 Å². The van der Waals surface area contributed by atoms with Crippen LogP contribution in [0.4, 0.5) is 0 Å². The van der Waals surface area contributed by atoms with E-state index in [1.807, 2.05) is 20.8 Å². The van der Waals surface area contributed by atoms with Crippen molar-refractivity contribution in [3.63, 3.8) is 0 Å². The molecule has 0 aliphatic carbocycles. The number of allylic oxidation sites excluding steroid dienone is 1. The maximum Gasteiger partial charge on any atom is -0.0473 e. The summed E-state index contributed by atoms with van der Waals surface area (Å²) in [5.74, 6) is 0. The van der Waals surface area contributed by atoms with E-state index in [9.17, 15) is 0 Å². The summed E-state index contributed by atoms with van der Waals surface area (Å²) >= 11 is 0. The first-order chi connectivity index (χ1) is 2.41. The molecule has 0 aliphatic rings. The lowest BCUT2D eigenvalue weighted by Crippen LogP contribution is -1.07. The standard InChI is InChI=1S/C3H6.C2H6.HI/c1-3-2;1-2;/h3H,1H2,2H3;1-2H3;1H. The van der Waals surface area contributed by atoms with Gasteiger partial charge in [-0.3, -0.25) is 0 Å². The average Bonchev–Trinajstić information content (AvgIpc) is 1.46. The molecule has 0 bridgehead atoms. The van der Waals surface area contributed by atoms with Gasteiger partial charge in [0.05, 0.1) is 0 Å². The Morgan fingerprint density at radius 1 is 1.33 bits per heavy atom. The van der Waals surface area contributed by atoms with Gasteiger partial charge in [-0.2, -0.15) is 0 Å². The third-order valence-electron chi connectivity index (χ3n) is 0. The fourth-order valence-corrected chi connectivity index (χ4v) is 0. The van der Waals surface area contributed by atoms with Crippen LogP contribution in [0.2, 0.25) is 0 Å². The van der Waals surface area contributed by atoms with E-state index in [1.54, 1.807) is 6.08 Å². The molecule has 0 unspecified atom stereocenters. The van der Waals surface area contributed by atoms with Crippen molar-refractivity contribution in [2.24, 2.45) is 0 Å². The summed E-state index contributed by atoms with van der Waals surface area (Å²) < 4.78 is 0. The highest BCUT2D eigenvalue weighted by Gasteiger charge is 1.15. The van der Waals surface area contributed by atoms with E-state index in [-0.39, 0.29) is 24.0 Å². The SMILES string of the molecule is C=CC.CC.I. The van der Waals surface area contributed by atoms with Gasteiger partial charge in [-0.1, -0.05) is 19.9 Å². The van der Waals surface area contributed by atoms with Gasteiger partial charge in [0.15, 0.2) is 0 Å². The molecule has 0 aromatic carbocycles. The van der Waals surface area contributed by atoms with Crippen LogP contribution in [-0.4, -0.2) is 0 Å². The van der Waals surface area contributed by atoms with Crippen molar-refractivity contribution >= 4 is 24.0 Å². The van der Waals surface area contributed by atoms with Crippen LogP contribution in [0.1, 0.15) is 20.8 Å². The van der Waals surface area contributed by atoms with Crippen molar-refractivity contribution in [2.75, 3.05) is 0 Å². The molecule has 0 fully saturated rings. The highest BCUT2D eigenvalue weighted by Crippen LogP contribution is 1.38. The molecule has 0 aliphatic heterocycles. The molecule has 0 heterocycles. The summed E-state index contributed by atoms with van der Waals surface area (Å²) in [6.45, 7) is 9.25. The second-order valence-corrected chi connectivity index (χ2v) is 0.408. The lowest BCUT2D eigenvalue weighted by Gasteiger charge is -1.31. The first-order valence-corrected chi connectivity index (χ1v) is 1.99. The lowest BCUT2D eigenvalue weighted by atomic mass is 10.8. The van der Waals surface area contributed by atoms with Crippen LogP contribution in [0.3, 0.4) is 0 Å². The molecule has 6 heavy (non-hydrogen) atoms. The van der Waals surface area contributed by atoms with Gasteiger partial charge in [-0.15, -0.1) is 30.6 Å². The van der Waals surface area contributed by atoms with Gasteiger partial charge in [0, 0.05) is 0 Å². The minimum absolute atomic E-state index is 0. The molecule has 0 saturated carbocycles. The van der Waals surface area contributed by atoms with Crippen LogP contribution >= 0.6 is 24.0 Å². The number of halogens is 1. The van der Waals surface area contributed by atoms with Crippen molar-refractivity contribution in [1.29, 1.82) is 0 Å². The summed E-state index contributed by atoms with van der Waals surface area (Å²) in [5, 5.41) is 0. The summed E-state index contributed by atoms with van der Waals surface area (Å²) in [7, 11) is 0. The van der Waals surface area contributed by atoms with Crippen molar-refractivity contribution in [2.45, 2.75) is 20.8 Å². The zero-order valence-corrected chi connectivity index (χ0v) is 7.02. The van der Waals surface area contributed by atoms with Gasteiger partial charge in [-0.05, 0) is 6.92 Å². The van der Waals surface area contributed by atoms with Crippen molar-refractivity contribution < 1.29 is 0 Å². The van der Waals surface area contributed by atoms with Gasteiger partial charge in [0.25, 0.3) is 0 Å². The fraction of sp³-hybridized carbons (Fsp3) is 0.600. The predicted molar refractivity (Wildman–Crippen MR) is 42.6 cm³/mol. The number of hydrogen-bond donors (Lipinski definition) is 0. The second kappa shape index (κ2) is 50.6. The molecule has 0 nitrogen and oxygen atoms in total. The van der Waals surface area contributed by atoms with Gasteiger partial charge < -0.3 is 0 Å². The number of rotatable bonds is 0. The van der Waals surface area contributed by atoms with Gasteiger partial charge in [-0.25, -0.2) is 0 Å². The Morgan fingerprint density at radius 2 is 1.33 bits per heavy atom. The van der Waals surface area contributed by atoms with E-state index in [4.69, 9.17) is 0 Å². The Labute approximate surface area is 57.7 Å². The highest BCUT2D eigenvalue weighted by molar-refractivity contribution is 14.0. The van der Waals surface area contributed by atoms with Crippen LogP contribution in [0.15, 0.2) is 12.7 Å². The largest absolute Gasteiger partial charge is 0.107 e. The van der Waals surface area contributed by atoms with E-state index in [0.717, 1.165) is 0 Å². The smallest absolute Gasteiger partial charge is 0.0473 e. The minimum Gasteiger partial charge on any atom is -0.107 e. The first-order valence-electron chi connectivity index (χ1n) is 1.99. The molecule has 0 atom stereocenters. The van der Waals surface area contributed by atoms with E-state index in [2.05, 4.69) is 6.58 Å². The van der Waals surface area contributed by atoms with Crippen LogP contribution in [0.5, 0.6) is 0 Å². The number of hydrogen-bond acceptors (Lipinski definition) is 0. The molecule has 0 radical (unpaired) electrons. The molecule has 0 aromatic rings. The van der Waals surface area contributed by atoms with Crippen molar-refractivity contribution in [3.05, 3.63) is 12.7 Å². The predicted octanol–water partition coefficient (Wildman–Crippen LogP) is 2.84. The Hall–Kier alpha value is 0.470. The molecule has 0 aromatic heterocycles. The quantitative estimate of drug-likeness (QED) is 0.416. The third-order valence-corrected chi connectivity index (χ3v) is 0. The summed E-state index contributed by atoms with van der Waals surface area (Å²) in [4.78, 5) is 0. The third kappa shape index (κ3) is 244. The zero-order chi connectivity index (χ0) is 4.71. The summed E-state index contributed by atoms with van der Waals surface area (Å²) in [6, 6.07) is 0. The summed E-state index contributed by atoms with van der Waals surface area (Å²) in [6.07, 6.45) is 1.75. The van der Waals surface area contributed by atoms with Crippen molar-refractivity contribution in [1.82, 2.24) is 0 Å². The Kier molecular flexibility index (Phi) is 136. The fourth-order valence-electron chi connectivity index (χ4n) is 0. The maximum atomic E-state index is 3.36. The minimum atomic E-state index is 0. The van der Waals surface area contributed by atoms with Crippen molar-refractivity contribution in [3.8, 4) is 0 Å². The Bertz CT molecular complexity index is 11.4. The maximum absolute atomic E-state index is 3.36. The monoisotopic (exact) mass is 200 g/mol. The molecule has 1 heteroatoms. The van der Waals surface area contributed by atoms with Gasteiger partial charge in [0.1, 0.15) is 0 Å². The lowest BCUT2D eigenvalue weighted by molar-refractivity contribution is 1.50. The highest BCUT2D eigenvalue weighted by atomic mass is 127. The van der Waals surface area contributed by atoms with Crippen LogP contribution in [0, 0.1) is 0 Å². The van der Waals surface area contributed by atoms with E-state index < -0.39 is 0 Å². The molecule has 0 spiro atoms. The molecule has 0 amide bonds.